The molecule has 0 aliphatic carbocycles. The molecule has 1 amide bonds. The molecule has 8 heteroatoms. The standard InChI is InChI=1S/C15H23N7O/c1-10(2)22-13(5-6-16-22)17-15(23)11(3)20-7-8-21-12(4)18-19-14(21)9-20/h5-6,10-11H,7-9H2,1-4H3,(H,17,23)/t11-/m1/s1. The Morgan fingerprint density at radius 2 is 2.04 bits per heavy atom. The van der Waals surface area contributed by atoms with Gasteiger partial charge in [-0.2, -0.15) is 5.10 Å². The van der Waals surface area contributed by atoms with Crippen LogP contribution in [0.1, 0.15) is 38.5 Å². The molecular formula is C15H23N7O. The number of nitrogens with one attached hydrogen (secondary N) is 1. The molecule has 0 unspecified atom stereocenters. The number of carbonyl (C=O) groups excluding carboxylic acids is 1. The molecule has 0 saturated carbocycles. The fourth-order valence-corrected chi connectivity index (χ4v) is 2.87. The van der Waals surface area contributed by atoms with Crippen molar-refractivity contribution in [2.24, 2.45) is 0 Å². The summed E-state index contributed by atoms with van der Waals surface area (Å²) in [5.41, 5.74) is 0. The largest absolute Gasteiger partial charge is 0.313 e. The lowest BCUT2D eigenvalue weighted by atomic mass is 10.2. The van der Waals surface area contributed by atoms with Gasteiger partial charge in [0, 0.05) is 25.2 Å². The number of aryl methyl sites for hydroxylation is 1. The fraction of sp³-hybridized carbons (Fsp3) is 0.600. The van der Waals surface area contributed by atoms with Crippen molar-refractivity contribution in [2.45, 2.75) is 52.9 Å². The number of aromatic nitrogens is 5. The highest BCUT2D eigenvalue weighted by atomic mass is 16.2. The summed E-state index contributed by atoms with van der Waals surface area (Å²) in [6.07, 6.45) is 1.70. The van der Waals surface area contributed by atoms with Crippen LogP contribution in [0.15, 0.2) is 12.3 Å². The minimum absolute atomic E-state index is 0.0305. The van der Waals surface area contributed by atoms with Crippen LogP contribution in [0, 0.1) is 6.92 Å². The molecule has 0 fully saturated rings. The molecule has 2 aromatic heterocycles. The maximum absolute atomic E-state index is 12.6. The third-order valence-corrected chi connectivity index (χ3v) is 4.31. The Balaban J connectivity index is 1.67. The summed E-state index contributed by atoms with van der Waals surface area (Å²) in [7, 11) is 0. The zero-order valence-corrected chi connectivity index (χ0v) is 14.0. The molecule has 2 aromatic rings. The van der Waals surface area contributed by atoms with Gasteiger partial charge in [-0.1, -0.05) is 0 Å². The first-order chi connectivity index (χ1) is 11.0. The zero-order chi connectivity index (χ0) is 16.6. The van der Waals surface area contributed by atoms with Crippen molar-refractivity contribution in [3.63, 3.8) is 0 Å². The van der Waals surface area contributed by atoms with Crippen LogP contribution in [-0.2, 0) is 17.9 Å². The van der Waals surface area contributed by atoms with E-state index in [1.807, 2.05) is 33.8 Å². The Bertz CT molecular complexity index is 702. The average molecular weight is 317 g/mol. The lowest BCUT2D eigenvalue weighted by molar-refractivity contribution is -0.121. The van der Waals surface area contributed by atoms with Crippen molar-refractivity contribution in [3.05, 3.63) is 23.9 Å². The maximum Gasteiger partial charge on any atom is 0.242 e. The molecule has 1 N–H and O–H groups in total. The van der Waals surface area contributed by atoms with Gasteiger partial charge in [-0.3, -0.25) is 9.69 Å². The van der Waals surface area contributed by atoms with E-state index >= 15 is 0 Å². The topological polar surface area (TPSA) is 80.9 Å². The Hall–Kier alpha value is -2.22. The Morgan fingerprint density at radius 1 is 1.26 bits per heavy atom. The van der Waals surface area contributed by atoms with Crippen LogP contribution in [0.4, 0.5) is 5.82 Å². The van der Waals surface area contributed by atoms with Crippen molar-refractivity contribution in [2.75, 3.05) is 11.9 Å². The van der Waals surface area contributed by atoms with Gasteiger partial charge in [-0.05, 0) is 27.7 Å². The van der Waals surface area contributed by atoms with E-state index in [2.05, 4.69) is 30.1 Å². The van der Waals surface area contributed by atoms with Gasteiger partial charge in [0.15, 0.2) is 0 Å². The number of anilines is 1. The van der Waals surface area contributed by atoms with Crippen LogP contribution in [0.2, 0.25) is 0 Å². The Morgan fingerprint density at radius 3 is 2.78 bits per heavy atom. The Labute approximate surface area is 135 Å². The van der Waals surface area contributed by atoms with E-state index in [-0.39, 0.29) is 18.0 Å². The van der Waals surface area contributed by atoms with Crippen molar-refractivity contribution in [1.29, 1.82) is 0 Å². The molecule has 8 nitrogen and oxygen atoms in total. The number of hydrogen-bond acceptors (Lipinski definition) is 5. The normalized spacial score (nSPS) is 16.4. The maximum atomic E-state index is 12.6. The minimum Gasteiger partial charge on any atom is -0.313 e. The molecule has 23 heavy (non-hydrogen) atoms. The van der Waals surface area contributed by atoms with Gasteiger partial charge in [-0.25, -0.2) is 4.68 Å². The first-order valence-corrected chi connectivity index (χ1v) is 7.94. The summed E-state index contributed by atoms with van der Waals surface area (Å²) in [5.74, 6) is 2.54. The van der Waals surface area contributed by atoms with E-state index in [1.54, 1.807) is 10.9 Å². The van der Waals surface area contributed by atoms with Crippen LogP contribution in [0.3, 0.4) is 0 Å². The van der Waals surface area contributed by atoms with Crippen LogP contribution in [-0.4, -0.2) is 47.9 Å². The lowest BCUT2D eigenvalue weighted by Gasteiger charge is -2.31. The van der Waals surface area contributed by atoms with Gasteiger partial charge in [0.1, 0.15) is 17.5 Å². The minimum atomic E-state index is -0.240. The highest BCUT2D eigenvalue weighted by Gasteiger charge is 2.27. The predicted molar refractivity (Wildman–Crippen MR) is 85.9 cm³/mol. The molecule has 124 valence electrons. The second-order valence-electron chi connectivity index (χ2n) is 6.21. The molecule has 3 heterocycles. The highest BCUT2D eigenvalue weighted by molar-refractivity contribution is 5.93. The number of amides is 1. The number of hydrogen-bond donors (Lipinski definition) is 1. The highest BCUT2D eigenvalue weighted by Crippen LogP contribution is 2.17. The number of fused-ring (bicyclic) bond motifs is 1. The van der Waals surface area contributed by atoms with Gasteiger partial charge in [-0.15, -0.1) is 10.2 Å². The molecule has 1 aliphatic heterocycles. The summed E-state index contributed by atoms with van der Waals surface area (Å²) < 4.78 is 3.91. The summed E-state index contributed by atoms with van der Waals surface area (Å²) in [6.45, 7) is 10.2. The second-order valence-corrected chi connectivity index (χ2v) is 6.21. The van der Waals surface area contributed by atoms with Crippen LogP contribution in [0.25, 0.3) is 0 Å². The molecule has 0 aromatic carbocycles. The number of rotatable bonds is 4. The predicted octanol–water partition coefficient (Wildman–Crippen LogP) is 1.21. The van der Waals surface area contributed by atoms with E-state index in [0.717, 1.165) is 30.6 Å². The fourth-order valence-electron chi connectivity index (χ4n) is 2.87. The molecule has 0 spiro atoms. The van der Waals surface area contributed by atoms with Gasteiger partial charge < -0.3 is 9.88 Å². The quantitative estimate of drug-likeness (QED) is 0.916. The molecule has 0 radical (unpaired) electrons. The summed E-state index contributed by atoms with van der Waals surface area (Å²) in [5, 5.41) is 15.5. The van der Waals surface area contributed by atoms with Crippen LogP contribution in [0.5, 0.6) is 0 Å². The van der Waals surface area contributed by atoms with Crippen molar-refractivity contribution in [3.8, 4) is 0 Å². The van der Waals surface area contributed by atoms with Gasteiger partial charge in [0.25, 0.3) is 0 Å². The van der Waals surface area contributed by atoms with E-state index in [1.165, 1.54) is 0 Å². The number of carbonyl (C=O) groups is 1. The van der Waals surface area contributed by atoms with Crippen molar-refractivity contribution < 1.29 is 4.79 Å². The van der Waals surface area contributed by atoms with Crippen LogP contribution >= 0.6 is 0 Å². The molecule has 1 atom stereocenters. The van der Waals surface area contributed by atoms with E-state index in [9.17, 15) is 4.79 Å². The van der Waals surface area contributed by atoms with Gasteiger partial charge in [0.2, 0.25) is 5.91 Å². The van der Waals surface area contributed by atoms with E-state index in [0.29, 0.717) is 6.54 Å². The lowest BCUT2D eigenvalue weighted by Crippen LogP contribution is -2.46. The summed E-state index contributed by atoms with van der Waals surface area (Å²) in [4.78, 5) is 14.7. The molecule has 0 bridgehead atoms. The molecule has 3 rings (SSSR count). The molecule has 0 saturated heterocycles. The van der Waals surface area contributed by atoms with Crippen LogP contribution < -0.4 is 5.32 Å². The van der Waals surface area contributed by atoms with Gasteiger partial charge >= 0.3 is 0 Å². The third kappa shape index (κ3) is 2.98. The number of nitrogens with zero attached hydrogens (tertiary/aromatic N) is 6. The monoisotopic (exact) mass is 317 g/mol. The third-order valence-electron chi connectivity index (χ3n) is 4.31. The van der Waals surface area contributed by atoms with E-state index in [4.69, 9.17) is 0 Å². The smallest absolute Gasteiger partial charge is 0.242 e. The second kappa shape index (κ2) is 6.11. The SMILES string of the molecule is Cc1nnc2n1CCN([C@H](C)C(=O)Nc1ccnn1C(C)C)C2. The molecular weight excluding hydrogens is 294 g/mol. The summed E-state index contributed by atoms with van der Waals surface area (Å²) in [6, 6.07) is 1.78. The van der Waals surface area contributed by atoms with Gasteiger partial charge in [0.05, 0.1) is 18.8 Å². The van der Waals surface area contributed by atoms with E-state index < -0.39 is 0 Å². The van der Waals surface area contributed by atoms with Crippen molar-refractivity contribution in [1.82, 2.24) is 29.4 Å². The summed E-state index contributed by atoms with van der Waals surface area (Å²) >= 11 is 0. The zero-order valence-electron chi connectivity index (χ0n) is 14.0. The first kappa shape index (κ1) is 15.7. The Kier molecular flexibility index (Phi) is 4.16. The molecule has 1 aliphatic rings. The first-order valence-electron chi connectivity index (χ1n) is 7.94. The van der Waals surface area contributed by atoms with Crippen molar-refractivity contribution >= 4 is 11.7 Å². The average Bonchev–Trinajstić information content (AvgIpc) is 3.13.